The second-order valence-corrected chi connectivity index (χ2v) is 6.60. The first-order chi connectivity index (χ1) is 12.5. The van der Waals surface area contributed by atoms with Crippen LogP contribution in [0.2, 0.25) is 5.02 Å². The summed E-state index contributed by atoms with van der Waals surface area (Å²) in [5, 5.41) is 4.99. The molecule has 2 rings (SSSR count). The monoisotopic (exact) mass is 395 g/mol. The van der Waals surface area contributed by atoms with E-state index in [2.05, 4.69) is 5.32 Å². The minimum atomic E-state index is -0.581. The Labute approximate surface area is 160 Å². The van der Waals surface area contributed by atoms with Crippen molar-refractivity contribution in [2.45, 2.75) is 12.8 Å². The number of hydrogen-bond donors (Lipinski definition) is 1. The highest BCUT2D eigenvalue weighted by Gasteiger charge is 2.12. The number of benzene rings is 1. The number of carbonyl (C=O) groups excluding carboxylic acids is 3. The maximum Gasteiger partial charge on any atom is 0.306 e. The highest BCUT2D eigenvalue weighted by atomic mass is 35.5. The van der Waals surface area contributed by atoms with Gasteiger partial charge in [0.2, 0.25) is 0 Å². The second-order valence-electron chi connectivity index (χ2n) is 5.21. The lowest BCUT2D eigenvalue weighted by Crippen LogP contribution is -2.32. The number of esters is 1. The van der Waals surface area contributed by atoms with E-state index in [4.69, 9.17) is 21.1 Å². The van der Waals surface area contributed by atoms with Crippen LogP contribution in [0.1, 0.15) is 22.5 Å². The van der Waals surface area contributed by atoms with Crippen LogP contribution in [0.3, 0.4) is 0 Å². The highest BCUT2D eigenvalue weighted by Crippen LogP contribution is 2.15. The van der Waals surface area contributed by atoms with Gasteiger partial charge in [0.05, 0.1) is 17.8 Å². The molecule has 0 saturated heterocycles. The van der Waals surface area contributed by atoms with E-state index in [0.29, 0.717) is 15.6 Å². The molecule has 0 radical (unpaired) electrons. The predicted molar refractivity (Wildman–Crippen MR) is 98.8 cm³/mol. The van der Waals surface area contributed by atoms with Crippen molar-refractivity contribution >= 4 is 40.6 Å². The van der Waals surface area contributed by atoms with Crippen molar-refractivity contribution in [3.63, 3.8) is 0 Å². The number of ether oxygens (including phenoxy) is 2. The topological polar surface area (TPSA) is 81.7 Å². The maximum atomic E-state index is 11.8. The molecule has 0 spiro atoms. The van der Waals surface area contributed by atoms with Gasteiger partial charge < -0.3 is 14.8 Å². The van der Waals surface area contributed by atoms with E-state index in [1.165, 1.54) is 11.3 Å². The van der Waals surface area contributed by atoms with E-state index in [-0.39, 0.29) is 38.4 Å². The van der Waals surface area contributed by atoms with E-state index >= 15 is 0 Å². The van der Waals surface area contributed by atoms with E-state index < -0.39 is 11.9 Å². The third-order valence-corrected chi connectivity index (χ3v) is 4.39. The van der Waals surface area contributed by atoms with E-state index in [1.807, 2.05) is 0 Å². The minimum absolute atomic E-state index is 0.0519. The highest BCUT2D eigenvalue weighted by molar-refractivity contribution is 7.12. The smallest absolute Gasteiger partial charge is 0.306 e. The summed E-state index contributed by atoms with van der Waals surface area (Å²) in [5.74, 6) is -0.476. The molecule has 1 aromatic carbocycles. The van der Waals surface area contributed by atoms with Crippen LogP contribution in [0, 0.1) is 0 Å². The molecule has 0 saturated carbocycles. The molecule has 6 nitrogen and oxygen atoms in total. The SMILES string of the molecule is O=C(COC(=O)CCC(=O)c1cccs1)NCCOc1ccc(Cl)cc1. The van der Waals surface area contributed by atoms with Crippen LogP contribution in [0.4, 0.5) is 0 Å². The van der Waals surface area contributed by atoms with Crippen molar-refractivity contribution in [2.75, 3.05) is 19.8 Å². The third-order valence-electron chi connectivity index (χ3n) is 3.22. The molecule has 2 aromatic rings. The summed E-state index contributed by atoms with van der Waals surface area (Å²) in [4.78, 5) is 35.5. The fourth-order valence-corrected chi connectivity index (χ4v) is 2.76. The van der Waals surface area contributed by atoms with E-state index in [0.717, 1.165) is 0 Å². The largest absolute Gasteiger partial charge is 0.492 e. The summed E-state index contributed by atoms with van der Waals surface area (Å²) in [6.07, 6.45) is 0.0135. The molecule has 26 heavy (non-hydrogen) atoms. The molecule has 0 aliphatic rings. The lowest BCUT2D eigenvalue weighted by atomic mass is 10.2. The first-order valence-corrected chi connectivity index (χ1v) is 9.18. The number of Topliss-reactive ketones (excluding diaryl/α,β-unsaturated/α-hetero) is 1. The number of carbonyl (C=O) groups is 3. The number of nitrogens with one attached hydrogen (secondary N) is 1. The van der Waals surface area contributed by atoms with Crippen LogP contribution in [-0.2, 0) is 14.3 Å². The van der Waals surface area contributed by atoms with Crippen LogP contribution in [0.15, 0.2) is 41.8 Å². The van der Waals surface area contributed by atoms with Gasteiger partial charge in [-0.05, 0) is 35.7 Å². The number of amides is 1. The maximum absolute atomic E-state index is 11.8. The van der Waals surface area contributed by atoms with Crippen LogP contribution in [0.25, 0.3) is 0 Å². The van der Waals surface area contributed by atoms with Crippen molar-refractivity contribution in [3.05, 3.63) is 51.7 Å². The van der Waals surface area contributed by atoms with Gasteiger partial charge in [-0.1, -0.05) is 17.7 Å². The van der Waals surface area contributed by atoms with Crippen LogP contribution >= 0.6 is 22.9 Å². The lowest BCUT2D eigenvalue weighted by Gasteiger charge is -2.08. The van der Waals surface area contributed by atoms with Crippen molar-refractivity contribution in [2.24, 2.45) is 0 Å². The Hall–Kier alpha value is -2.38. The Morgan fingerprint density at radius 1 is 1.08 bits per heavy atom. The molecule has 0 aliphatic carbocycles. The van der Waals surface area contributed by atoms with Gasteiger partial charge in [0.1, 0.15) is 12.4 Å². The number of hydrogen-bond acceptors (Lipinski definition) is 6. The van der Waals surface area contributed by atoms with Crippen molar-refractivity contribution in [3.8, 4) is 5.75 Å². The fourth-order valence-electron chi connectivity index (χ4n) is 1.94. The van der Waals surface area contributed by atoms with Crippen molar-refractivity contribution in [1.29, 1.82) is 0 Å². The molecule has 1 N–H and O–H groups in total. The minimum Gasteiger partial charge on any atom is -0.492 e. The first kappa shape index (κ1) is 19.9. The van der Waals surface area contributed by atoms with E-state index in [1.54, 1.807) is 41.8 Å². The molecule has 0 atom stereocenters. The van der Waals surface area contributed by atoms with Gasteiger partial charge in [-0.3, -0.25) is 14.4 Å². The number of rotatable bonds is 10. The molecule has 0 aliphatic heterocycles. The summed E-state index contributed by atoms with van der Waals surface area (Å²) in [6.45, 7) is 0.166. The average Bonchev–Trinajstić information content (AvgIpc) is 3.18. The molecule has 8 heteroatoms. The van der Waals surface area contributed by atoms with Gasteiger partial charge in [0, 0.05) is 11.4 Å². The Morgan fingerprint density at radius 2 is 1.85 bits per heavy atom. The number of thiophene rings is 1. The standard InChI is InChI=1S/C18H18ClNO5S/c19-13-3-5-14(6-4-13)24-10-9-20-17(22)12-25-18(23)8-7-15(21)16-2-1-11-26-16/h1-6,11H,7-10,12H2,(H,20,22). The van der Waals surface area contributed by atoms with Gasteiger partial charge in [-0.25, -0.2) is 0 Å². The Balaban J connectivity index is 1.54. The predicted octanol–water partition coefficient (Wildman–Crippen LogP) is 3.10. The molecule has 0 fully saturated rings. The summed E-state index contributed by atoms with van der Waals surface area (Å²) < 4.78 is 10.3. The molecular formula is C18H18ClNO5S. The van der Waals surface area contributed by atoms with Gasteiger partial charge in [-0.15, -0.1) is 11.3 Å². The number of halogens is 1. The summed E-state index contributed by atoms with van der Waals surface area (Å²) in [6, 6.07) is 10.3. The lowest BCUT2D eigenvalue weighted by molar-refractivity contribution is -0.148. The van der Waals surface area contributed by atoms with Gasteiger partial charge in [-0.2, -0.15) is 0 Å². The quantitative estimate of drug-likeness (QED) is 0.380. The molecule has 0 bridgehead atoms. The molecule has 1 amide bonds. The van der Waals surface area contributed by atoms with Gasteiger partial charge in [0.15, 0.2) is 12.4 Å². The molecule has 1 aromatic heterocycles. The third kappa shape index (κ3) is 7.25. The summed E-state index contributed by atoms with van der Waals surface area (Å²) in [5.41, 5.74) is 0. The molecule has 138 valence electrons. The Morgan fingerprint density at radius 3 is 2.54 bits per heavy atom. The Bertz CT molecular complexity index is 731. The zero-order chi connectivity index (χ0) is 18.8. The zero-order valence-corrected chi connectivity index (χ0v) is 15.5. The normalized spacial score (nSPS) is 10.2. The average molecular weight is 396 g/mol. The van der Waals surface area contributed by atoms with Gasteiger partial charge >= 0.3 is 5.97 Å². The van der Waals surface area contributed by atoms with Crippen molar-refractivity contribution < 1.29 is 23.9 Å². The van der Waals surface area contributed by atoms with E-state index in [9.17, 15) is 14.4 Å². The van der Waals surface area contributed by atoms with Crippen LogP contribution < -0.4 is 10.1 Å². The fraction of sp³-hybridized carbons (Fsp3) is 0.278. The molecule has 1 heterocycles. The van der Waals surface area contributed by atoms with Crippen LogP contribution in [-0.4, -0.2) is 37.4 Å². The summed E-state index contributed by atoms with van der Waals surface area (Å²) >= 11 is 7.10. The van der Waals surface area contributed by atoms with Crippen LogP contribution in [0.5, 0.6) is 5.75 Å². The second kappa shape index (κ2) is 10.6. The summed E-state index contributed by atoms with van der Waals surface area (Å²) in [7, 11) is 0. The molecular weight excluding hydrogens is 378 g/mol. The first-order valence-electron chi connectivity index (χ1n) is 7.92. The molecule has 0 unspecified atom stereocenters. The number of ketones is 1. The van der Waals surface area contributed by atoms with Crippen molar-refractivity contribution in [1.82, 2.24) is 5.32 Å². The van der Waals surface area contributed by atoms with Gasteiger partial charge in [0.25, 0.3) is 5.91 Å². The zero-order valence-electron chi connectivity index (χ0n) is 13.9. The Kier molecular flexibility index (Phi) is 8.11.